The Balaban J connectivity index is 1.34. The number of pyridine rings is 1. The van der Waals surface area contributed by atoms with E-state index in [2.05, 4.69) is 34.6 Å². The number of halogens is 1. The number of aliphatic carboxylic acids is 1. The fourth-order valence-electron chi connectivity index (χ4n) is 5.89. The van der Waals surface area contributed by atoms with E-state index in [-0.39, 0.29) is 17.7 Å². The number of carbonyl (C=O) groups excluding carboxylic acids is 1. The van der Waals surface area contributed by atoms with E-state index in [0.717, 1.165) is 48.0 Å². The molecular formula is C33H33ClN2O3. The van der Waals surface area contributed by atoms with E-state index in [0.29, 0.717) is 17.4 Å². The molecule has 1 saturated carbocycles. The zero-order valence-electron chi connectivity index (χ0n) is 22.0. The molecule has 3 aromatic carbocycles. The van der Waals surface area contributed by atoms with Gasteiger partial charge in [-0.2, -0.15) is 0 Å². The van der Waals surface area contributed by atoms with E-state index in [1.54, 1.807) is 19.1 Å². The SMILES string of the molecule is C[C@H](C(=O)O)c1ccc(C[C@@H](C(=O)Nc2ccc(Cl)cc2)C2CCC(c3ccnc4ccccc34)CC2)cc1. The minimum Gasteiger partial charge on any atom is -0.481 e. The minimum absolute atomic E-state index is 0.0121. The summed E-state index contributed by atoms with van der Waals surface area (Å²) in [6.07, 6.45) is 6.49. The van der Waals surface area contributed by atoms with Crippen LogP contribution in [-0.2, 0) is 16.0 Å². The van der Waals surface area contributed by atoms with Crippen LogP contribution in [0.2, 0.25) is 5.02 Å². The second kappa shape index (κ2) is 12.0. The average Bonchev–Trinajstić information content (AvgIpc) is 2.97. The van der Waals surface area contributed by atoms with Crippen LogP contribution in [0, 0.1) is 11.8 Å². The topological polar surface area (TPSA) is 79.3 Å². The largest absolute Gasteiger partial charge is 0.481 e. The lowest BCUT2D eigenvalue weighted by atomic mass is 9.71. The normalized spacial score (nSPS) is 18.8. The lowest BCUT2D eigenvalue weighted by Gasteiger charge is -2.34. The summed E-state index contributed by atoms with van der Waals surface area (Å²) < 4.78 is 0. The summed E-state index contributed by atoms with van der Waals surface area (Å²) in [7, 11) is 0. The molecule has 39 heavy (non-hydrogen) atoms. The molecule has 0 bridgehead atoms. The molecule has 5 nitrogen and oxygen atoms in total. The summed E-state index contributed by atoms with van der Waals surface area (Å²) in [5, 5.41) is 14.3. The van der Waals surface area contributed by atoms with Crippen LogP contribution in [0.3, 0.4) is 0 Å². The molecule has 5 rings (SSSR count). The van der Waals surface area contributed by atoms with Crippen molar-refractivity contribution in [3.63, 3.8) is 0 Å². The van der Waals surface area contributed by atoms with E-state index in [9.17, 15) is 14.7 Å². The van der Waals surface area contributed by atoms with Crippen molar-refractivity contribution in [3.05, 3.63) is 107 Å². The Morgan fingerprint density at radius 3 is 2.33 bits per heavy atom. The van der Waals surface area contributed by atoms with E-state index in [1.165, 1.54) is 10.9 Å². The van der Waals surface area contributed by atoms with Crippen molar-refractivity contribution < 1.29 is 14.7 Å². The number of carboxylic acid groups (broad SMARTS) is 1. The van der Waals surface area contributed by atoms with Gasteiger partial charge in [0.1, 0.15) is 0 Å². The number of fused-ring (bicyclic) bond motifs is 1. The molecule has 0 radical (unpaired) electrons. The van der Waals surface area contributed by atoms with Crippen molar-refractivity contribution in [1.82, 2.24) is 4.98 Å². The highest BCUT2D eigenvalue weighted by Crippen LogP contribution is 2.41. The van der Waals surface area contributed by atoms with Crippen molar-refractivity contribution in [1.29, 1.82) is 0 Å². The van der Waals surface area contributed by atoms with Crippen LogP contribution in [0.1, 0.15) is 61.1 Å². The lowest BCUT2D eigenvalue weighted by Crippen LogP contribution is -2.33. The van der Waals surface area contributed by atoms with Gasteiger partial charge in [-0.15, -0.1) is 0 Å². The van der Waals surface area contributed by atoms with Gasteiger partial charge < -0.3 is 10.4 Å². The van der Waals surface area contributed by atoms with E-state index >= 15 is 0 Å². The van der Waals surface area contributed by atoms with Crippen LogP contribution in [0.4, 0.5) is 5.69 Å². The predicted octanol–water partition coefficient (Wildman–Crippen LogP) is 7.85. The monoisotopic (exact) mass is 540 g/mol. The first-order valence-electron chi connectivity index (χ1n) is 13.6. The van der Waals surface area contributed by atoms with Gasteiger partial charge in [-0.25, -0.2) is 0 Å². The maximum Gasteiger partial charge on any atom is 0.310 e. The van der Waals surface area contributed by atoms with Crippen LogP contribution in [0.5, 0.6) is 0 Å². The summed E-state index contributed by atoms with van der Waals surface area (Å²) >= 11 is 6.04. The number of hydrogen-bond acceptors (Lipinski definition) is 3. The molecule has 1 amide bonds. The van der Waals surface area contributed by atoms with Crippen molar-refractivity contribution in [2.24, 2.45) is 11.8 Å². The number of carbonyl (C=O) groups is 2. The fraction of sp³-hybridized carbons (Fsp3) is 0.303. The highest BCUT2D eigenvalue weighted by atomic mass is 35.5. The van der Waals surface area contributed by atoms with E-state index in [1.807, 2.05) is 48.7 Å². The number of hydrogen-bond donors (Lipinski definition) is 2. The zero-order chi connectivity index (χ0) is 27.4. The highest BCUT2D eigenvalue weighted by Gasteiger charge is 2.33. The van der Waals surface area contributed by atoms with Crippen LogP contribution in [-0.4, -0.2) is 22.0 Å². The second-order valence-electron chi connectivity index (χ2n) is 10.6. The van der Waals surface area contributed by atoms with Gasteiger partial charge in [0.05, 0.1) is 11.4 Å². The third-order valence-electron chi connectivity index (χ3n) is 8.22. The fourth-order valence-corrected chi connectivity index (χ4v) is 6.01. The van der Waals surface area contributed by atoms with Crippen LogP contribution >= 0.6 is 11.6 Å². The van der Waals surface area contributed by atoms with Crippen LogP contribution in [0.15, 0.2) is 85.1 Å². The van der Waals surface area contributed by atoms with Crippen LogP contribution in [0.25, 0.3) is 10.9 Å². The molecule has 1 fully saturated rings. The van der Waals surface area contributed by atoms with E-state index < -0.39 is 11.9 Å². The Labute approximate surface area is 234 Å². The summed E-state index contributed by atoms with van der Waals surface area (Å²) in [6.45, 7) is 1.68. The van der Waals surface area contributed by atoms with Gasteiger partial charge in [0.25, 0.3) is 0 Å². The first-order valence-corrected chi connectivity index (χ1v) is 14.0. The Morgan fingerprint density at radius 2 is 1.64 bits per heavy atom. The van der Waals surface area contributed by atoms with Gasteiger partial charge in [-0.05, 0) is 104 Å². The number of amides is 1. The Morgan fingerprint density at radius 1 is 0.949 bits per heavy atom. The molecule has 1 aliphatic rings. The molecule has 4 aromatic rings. The molecule has 0 aliphatic heterocycles. The molecule has 2 atom stereocenters. The number of para-hydroxylation sites is 1. The van der Waals surface area contributed by atoms with Gasteiger partial charge in [-0.3, -0.25) is 14.6 Å². The van der Waals surface area contributed by atoms with Crippen LogP contribution < -0.4 is 5.32 Å². The van der Waals surface area contributed by atoms with Gasteiger partial charge in [0.15, 0.2) is 0 Å². The average molecular weight is 541 g/mol. The first-order chi connectivity index (χ1) is 18.9. The second-order valence-corrected chi connectivity index (χ2v) is 11.1. The van der Waals surface area contributed by atoms with Crippen molar-refractivity contribution in [2.45, 2.75) is 50.9 Å². The number of nitrogens with one attached hydrogen (secondary N) is 1. The first kappa shape index (κ1) is 26.9. The third-order valence-corrected chi connectivity index (χ3v) is 8.47. The Hall–Kier alpha value is -3.70. The molecular weight excluding hydrogens is 508 g/mol. The summed E-state index contributed by atoms with van der Waals surface area (Å²) in [5.41, 5.74) is 4.91. The maximum absolute atomic E-state index is 13.7. The summed E-state index contributed by atoms with van der Waals surface area (Å²) in [4.78, 5) is 29.6. The molecule has 6 heteroatoms. The zero-order valence-corrected chi connectivity index (χ0v) is 22.8. The van der Waals surface area contributed by atoms with Crippen molar-refractivity contribution in [3.8, 4) is 0 Å². The number of carboxylic acids is 1. The molecule has 0 unspecified atom stereocenters. The Bertz CT molecular complexity index is 1440. The Kier molecular flexibility index (Phi) is 8.27. The van der Waals surface area contributed by atoms with Gasteiger partial charge in [0.2, 0.25) is 5.91 Å². The maximum atomic E-state index is 13.7. The molecule has 1 aromatic heterocycles. The number of anilines is 1. The third kappa shape index (κ3) is 6.31. The van der Waals surface area contributed by atoms with Crippen molar-refractivity contribution in [2.75, 3.05) is 5.32 Å². The summed E-state index contributed by atoms with van der Waals surface area (Å²) in [6, 6.07) is 25.3. The molecule has 1 heterocycles. The molecule has 0 saturated heterocycles. The van der Waals surface area contributed by atoms with Gasteiger partial charge in [0, 0.05) is 28.2 Å². The number of aromatic nitrogens is 1. The predicted molar refractivity (Wildman–Crippen MR) is 156 cm³/mol. The summed E-state index contributed by atoms with van der Waals surface area (Å²) in [5.74, 6) is -0.897. The standard InChI is InChI=1S/C33H33ClN2O3/c1-21(33(38)39)23-8-6-22(7-9-23)20-30(32(37)36-27-16-14-26(34)15-17-27)25-12-10-24(11-13-25)28-18-19-35-31-5-3-2-4-29(28)31/h2-9,14-19,21,24-25,30H,10-13,20H2,1H3,(H,36,37)(H,38,39)/t21-,24?,25?,30+/m0/s1. The molecule has 0 spiro atoms. The minimum atomic E-state index is -0.846. The quantitative estimate of drug-likeness (QED) is 0.238. The lowest BCUT2D eigenvalue weighted by molar-refractivity contribution is -0.138. The number of nitrogens with zero attached hydrogens (tertiary/aromatic N) is 1. The smallest absolute Gasteiger partial charge is 0.310 e. The van der Waals surface area contributed by atoms with E-state index in [4.69, 9.17) is 11.6 Å². The molecule has 200 valence electrons. The number of benzene rings is 3. The highest BCUT2D eigenvalue weighted by molar-refractivity contribution is 6.30. The van der Waals surface area contributed by atoms with Gasteiger partial charge in [-0.1, -0.05) is 54.1 Å². The molecule has 2 N–H and O–H groups in total. The molecule has 1 aliphatic carbocycles. The number of rotatable bonds is 8. The van der Waals surface area contributed by atoms with Gasteiger partial charge >= 0.3 is 5.97 Å². The van der Waals surface area contributed by atoms with Crippen molar-refractivity contribution >= 4 is 40.1 Å².